The lowest BCUT2D eigenvalue weighted by atomic mass is 10.2. The third-order valence-corrected chi connectivity index (χ3v) is 4.71. The van der Waals surface area contributed by atoms with E-state index in [1.165, 1.54) is 18.4 Å². The lowest BCUT2D eigenvalue weighted by Gasteiger charge is -2.24. The van der Waals surface area contributed by atoms with Gasteiger partial charge in [0.15, 0.2) is 0 Å². The maximum atomic E-state index is 4.59. The highest BCUT2D eigenvalue weighted by Gasteiger charge is 2.26. The van der Waals surface area contributed by atoms with Gasteiger partial charge >= 0.3 is 0 Å². The second-order valence-corrected chi connectivity index (χ2v) is 6.34. The van der Waals surface area contributed by atoms with Crippen molar-refractivity contribution >= 4 is 0 Å². The average Bonchev–Trinajstić information content (AvgIpc) is 3.34. The summed E-state index contributed by atoms with van der Waals surface area (Å²) in [6.45, 7) is 3.79. The van der Waals surface area contributed by atoms with Crippen LogP contribution in [0.1, 0.15) is 24.2 Å². The Morgan fingerprint density at radius 3 is 2.88 bits per heavy atom. The average molecular weight is 322 g/mol. The second kappa shape index (κ2) is 6.97. The number of hydrogen-bond acceptors (Lipinski definition) is 4. The molecule has 1 atom stereocenters. The van der Waals surface area contributed by atoms with Gasteiger partial charge in [-0.15, -0.1) is 0 Å². The number of aromatic nitrogens is 5. The molecular formula is C18H22N6. The van der Waals surface area contributed by atoms with Crippen molar-refractivity contribution in [2.45, 2.75) is 38.5 Å². The molecule has 1 aliphatic heterocycles. The zero-order valence-electron chi connectivity index (χ0n) is 13.7. The van der Waals surface area contributed by atoms with Gasteiger partial charge < -0.3 is 4.57 Å². The lowest BCUT2D eigenvalue weighted by molar-refractivity contribution is 0.212. The highest BCUT2D eigenvalue weighted by atomic mass is 15.3. The van der Waals surface area contributed by atoms with Gasteiger partial charge in [0.2, 0.25) is 0 Å². The monoisotopic (exact) mass is 322 g/mol. The predicted molar refractivity (Wildman–Crippen MR) is 91.2 cm³/mol. The maximum Gasteiger partial charge on any atom is 0.137 e. The van der Waals surface area contributed by atoms with Crippen LogP contribution in [0.3, 0.4) is 0 Å². The minimum Gasteiger partial charge on any atom is -0.329 e. The van der Waals surface area contributed by atoms with Gasteiger partial charge in [0.25, 0.3) is 0 Å². The zero-order valence-corrected chi connectivity index (χ0v) is 13.7. The molecule has 0 N–H and O–H groups in total. The van der Waals surface area contributed by atoms with Gasteiger partial charge in [-0.25, -0.2) is 9.97 Å². The van der Waals surface area contributed by atoms with Crippen molar-refractivity contribution in [3.63, 3.8) is 0 Å². The Morgan fingerprint density at radius 2 is 2.04 bits per heavy atom. The van der Waals surface area contributed by atoms with Gasteiger partial charge in [0.1, 0.15) is 18.5 Å². The van der Waals surface area contributed by atoms with E-state index in [9.17, 15) is 0 Å². The fourth-order valence-corrected chi connectivity index (χ4v) is 3.45. The van der Waals surface area contributed by atoms with Crippen LogP contribution in [0.5, 0.6) is 0 Å². The maximum absolute atomic E-state index is 4.59. The van der Waals surface area contributed by atoms with Crippen LogP contribution in [0, 0.1) is 0 Å². The smallest absolute Gasteiger partial charge is 0.137 e. The van der Waals surface area contributed by atoms with Crippen molar-refractivity contribution in [3.8, 4) is 0 Å². The van der Waals surface area contributed by atoms with E-state index in [1.807, 2.05) is 10.9 Å². The van der Waals surface area contributed by atoms with Crippen molar-refractivity contribution < 1.29 is 0 Å². The van der Waals surface area contributed by atoms with E-state index in [1.54, 1.807) is 12.7 Å². The molecule has 1 fully saturated rings. The molecule has 6 heteroatoms. The highest BCUT2D eigenvalue weighted by Crippen LogP contribution is 2.21. The number of nitrogens with zero attached hydrogens (tertiary/aromatic N) is 6. The molecule has 0 spiro atoms. The summed E-state index contributed by atoms with van der Waals surface area (Å²) in [5, 5.41) is 4.24. The molecule has 1 aromatic carbocycles. The molecule has 24 heavy (non-hydrogen) atoms. The first kappa shape index (κ1) is 15.1. The molecule has 124 valence electrons. The van der Waals surface area contributed by atoms with Crippen LogP contribution in [-0.4, -0.2) is 41.8 Å². The summed E-state index contributed by atoms with van der Waals surface area (Å²) >= 11 is 0. The highest BCUT2D eigenvalue weighted by molar-refractivity contribution is 5.15. The van der Waals surface area contributed by atoms with Gasteiger partial charge in [0.05, 0.1) is 13.1 Å². The minimum atomic E-state index is 0.508. The SMILES string of the molecule is c1ccc(Cn2ccnc2CN2CCC[C@@H]2Cn2cncn2)cc1. The Balaban J connectivity index is 1.44. The summed E-state index contributed by atoms with van der Waals surface area (Å²) in [6, 6.07) is 11.0. The molecular weight excluding hydrogens is 300 g/mol. The molecule has 3 aromatic rings. The first-order valence-corrected chi connectivity index (χ1v) is 8.49. The Morgan fingerprint density at radius 1 is 1.12 bits per heavy atom. The van der Waals surface area contributed by atoms with E-state index < -0.39 is 0 Å². The topological polar surface area (TPSA) is 51.8 Å². The summed E-state index contributed by atoms with van der Waals surface area (Å²) < 4.78 is 4.18. The molecule has 2 aromatic heterocycles. The number of hydrogen-bond donors (Lipinski definition) is 0. The summed E-state index contributed by atoms with van der Waals surface area (Å²) in [5.41, 5.74) is 1.30. The predicted octanol–water partition coefficient (Wildman–Crippen LogP) is 2.19. The van der Waals surface area contributed by atoms with Gasteiger partial charge in [-0.2, -0.15) is 5.10 Å². The molecule has 1 aliphatic rings. The summed E-state index contributed by atoms with van der Waals surface area (Å²) in [7, 11) is 0. The van der Waals surface area contributed by atoms with Gasteiger partial charge in [-0.3, -0.25) is 9.58 Å². The Hall–Kier alpha value is -2.47. The quantitative estimate of drug-likeness (QED) is 0.698. The first-order chi connectivity index (χ1) is 11.9. The van der Waals surface area contributed by atoms with Crippen LogP contribution >= 0.6 is 0 Å². The summed E-state index contributed by atoms with van der Waals surface area (Å²) in [5.74, 6) is 1.13. The molecule has 0 aliphatic carbocycles. The van der Waals surface area contributed by atoms with Crippen molar-refractivity contribution in [1.82, 2.24) is 29.2 Å². The van der Waals surface area contributed by atoms with Crippen LogP contribution < -0.4 is 0 Å². The second-order valence-electron chi connectivity index (χ2n) is 6.34. The van der Waals surface area contributed by atoms with Gasteiger partial charge in [-0.1, -0.05) is 30.3 Å². The van der Waals surface area contributed by atoms with Gasteiger partial charge in [0, 0.05) is 25.0 Å². The number of rotatable bonds is 6. The van der Waals surface area contributed by atoms with E-state index in [0.717, 1.165) is 32.0 Å². The van der Waals surface area contributed by atoms with Crippen molar-refractivity contribution in [3.05, 3.63) is 66.8 Å². The van der Waals surface area contributed by atoms with Crippen molar-refractivity contribution in [2.75, 3.05) is 6.54 Å². The molecule has 0 unspecified atom stereocenters. The largest absolute Gasteiger partial charge is 0.329 e. The Labute approximate surface area is 141 Å². The molecule has 0 saturated carbocycles. The molecule has 4 rings (SSSR count). The normalized spacial score (nSPS) is 18.2. The molecule has 6 nitrogen and oxygen atoms in total. The Kier molecular flexibility index (Phi) is 4.38. The van der Waals surface area contributed by atoms with Gasteiger partial charge in [-0.05, 0) is 24.9 Å². The standard InChI is InChI=1S/C18H22N6/c1-2-5-16(6-3-1)11-23-10-8-20-18(23)13-22-9-4-7-17(22)12-24-15-19-14-21-24/h1-3,5-6,8,10,14-15,17H,4,7,9,11-13H2/t17-/m1/s1. The lowest BCUT2D eigenvalue weighted by Crippen LogP contribution is -2.33. The van der Waals surface area contributed by atoms with Crippen molar-refractivity contribution in [2.24, 2.45) is 0 Å². The van der Waals surface area contributed by atoms with E-state index in [4.69, 9.17) is 0 Å². The molecule has 0 bridgehead atoms. The van der Waals surface area contributed by atoms with Crippen LogP contribution in [0.4, 0.5) is 0 Å². The molecule has 0 amide bonds. The first-order valence-electron chi connectivity index (χ1n) is 8.49. The molecule has 1 saturated heterocycles. The van der Waals surface area contributed by atoms with Crippen LogP contribution in [-0.2, 0) is 19.6 Å². The molecule has 3 heterocycles. The third-order valence-electron chi connectivity index (χ3n) is 4.71. The third kappa shape index (κ3) is 3.38. The summed E-state index contributed by atoms with van der Waals surface area (Å²) in [6.07, 6.45) is 9.82. The number of imidazole rings is 1. The van der Waals surface area contributed by atoms with E-state index >= 15 is 0 Å². The zero-order chi connectivity index (χ0) is 16.2. The fraction of sp³-hybridized carbons (Fsp3) is 0.389. The van der Waals surface area contributed by atoms with E-state index in [-0.39, 0.29) is 0 Å². The number of benzene rings is 1. The fourth-order valence-electron chi connectivity index (χ4n) is 3.45. The summed E-state index contributed by atoms with van der Waals surface area (Å²) in [4.78, 5) is 11.2. The van der Waals surface area contributed by atoms with Crippen LogP contribution in [0.15, 0.2) is 55.4 Å². The van der Waals surface area contributed by atoms with E-state index in [0.29, 0.717) is 6.04 Å². The number of likely N-dealkylation sites (tertiary alicyclic amines) is 1. The molecule has 0 radical (unpaired) electrons. The Bertz CT molecular complexity index is 749. The van der Waals surface area contributed by atoms with Crippen molar-refractivity contribution in [1.29, 1.82) is 0 Å². The van der Waals surface area contributed by atoms with Crippen LogP contribution in [0.25, 0.3) is 0 Å². The minimum absolute atomic E-state index is 0.508. The van der Waals surface area contributed by atoms with Crippen LogP contribution in [0.2, 0.25) is 0 Å². The van der Waals surface area contributed by atoms with E-state index in [2.05, 4.69) is 61.1 Å².